The molecule has 2 atom stereocenters. The van der Waals surface area contributed by atoms with Crippen LogP contribution in [0.3, 0.4) is 0 Å². The first-order valence-electron chi connectivity index (χ1n) is 13.8. The van der Waals surface area contributed by atoms with Crippen LogP contribution in [0.2, 0.25) is 0 Å². The second-order valence-corrected chi connectivity index (χ2v) is 10.3. The summed E-state index contributed by atoms with van der Waals surface area (Å²) in [7, 11) is 1.50. The van der Waals surface area contributed by atoms with Crippen LogP contribution in [0.4, 0.5) is 0 Å². The number of pyridine rings is 1. The van der Waals surface area contributed by atoms with E-state index in [2.05, 4.69) is 4.98 Å². The fourth-order valence-corrected chi connectivity index (χ4v) is 6.05. The van der Waals surface area contributed by atoms with Gasteiger partial charge in [-0.15, -0.1) is 0 Å². The van der Waals surface area contributed by atoms with E-state index in [0.29, 0.717) is 40.7 Å². The van der Waals surface area contributed by atoms with E-state index in [9.17, 15) is 19.8 Å². The van der Waals surface area contributed by atoms with Gasteiger partial charge in [-0.25, -0.2) is 4.79 Å². The maximum atomic E-state index is 13.2. The largest absolute Gasteiger partial charge is 0.497 e. The summed E-state index contributed by atoms with van der Waals surface area (Å²) < 4.78 is 29.0. The molecule has 0 saturated carbocycles. The second-order valence-electron chi connectivity index (χ2n) is 10.3. The van der Waals surface area contributed by atoms with E-state index in [1.54, 1.807) is 30.3 Å². The minimum Gasteiger partial charge on any atom is -0.497 e. The molecule has 43 heavy (non-hydrogen) atoms. The molecule has 2 aliphatic rings. The highest BCUT2D eigenvalue weighted by atomic mass is 16.7. The van der Waals surface area contributed by atoms with Crippen molar-refractivity contribution >= 4 is 11.9 Å². The summed E-state index contributed by atoms with van der Waals surface area (Å²) in [5.41, 5.74) is 1.32. The highest BCUT2D eigenvalue weighted by Crippen LogP contribution is 2.57. The SMILES string of the molecule is CCCOc1ccc2c(c1)CC(C(=O)O)C2(c1ccc2c(c1)OCO2)c1ccc(OC)cc1Oc1cnccc1C(=O)O. The summed E-state index contributed by atoms with van der Waals surface area (Å²) in [4.78, 5) is 29.3. The number of carboxylic acids is 2. The van der Waals surface area contributed by atoms with Gasteiger partial charge in [0.25, 0.3) is 0 Å². The maximum absolute atomic E-state index is 13.2. The van der Waals surface area contributed by atoms with E-state index >= 15 is 0 Å². The van der Waals surface area contributed by atoms with Gasteiger partial charge in [-0.3, -0.25) is 9.78 Å². The zero-order valence-electron chi connectivity index (χ0n) is 23.5. The van der Waals surface area contributed by atoms with Gasteiger partial charge in [0.1, 0.15) is 22.8 Å². The molecule has 3 aromatic carbocycles. The lowest BCUT2D eigenvalue weighted by Gasteiger charge is -2.37. The van der Waals surface area contributed by atoms with E-state index < -0.39 is 23.3 Å². The number of nitrogens with zero attached hydrogens (tertiary/aromatic N) is 1. The Kier molecular flexibility index (Phi) is 7.27. The molecule has 220 valence electrons. The van der Waals surface area contributed by atoms with Crippen LogP contribution in [0, 0.1) is 5.92 Å². The van der Waals surface area contributed by atoms with E-state index in [1.165, 1.54) is 25.6 Å². The molecule has 1 aliphatic carbocycles. The van der Waals surface area contributed by atoms with Crippen LogP contribution in [-0.4, -0.2) is 47.6 Å². The third kappa shape index (κ3) is 4.74. The van der Waals surface area contributed by atoms with Crippen molar-refractivity contribution in [3.05, 3.63) is 101 Å². The van der Waals surface area contributed by atoms with Gasteiger partial charge in [-0.05, 0) is 65.9 Å². The minimum absolute atomic E-state index is 0.00116. The minimum atomic E-state index is -1.29. The molecular weight excluding hydrogens is 554 g/mol. The van der Waals surface area contributed by atoms with Crippen LogP contribution in [0.25, 0.3) is 0 Å². The monoisotopic (exact) mass is 583 g/mol. The number of carbonyl (C=O) groups is 2. The summed E-state index contributed by atoms with van der Waals surface area (Å²) in [6.45, 7) is 2.60. The molecule has 2 heterocycles. The number of benzene rings is 3. The number of rotatable bonds is 10. The van der Waals surface area contributed by atoms with Crippen LogP contribution in [0.15, 0.2) is 73.1 Å². The summed E-state index contributed by atoms with van der Waals surface area (Å²) in [6.07, 6.45) is 3.72. The third-order valence-electron chi connectivity index (χ3n) is 7.90. The van der Waals surface area contributed by atoms with Gasteiger partial charge in [0, 0.05) is 17.8 Å². The molecule has 10 nitrogen and oxygen atoms in total. The van der Waals surface area contributed by atoms with Crippen LogP contribution in [0.1, 0.15) is 46.0 Å². The summed E-state index contributed by atoms with van der Waals surface area (Å²) in [6, 6.07) is 17.5. The number of hydrogen-bond donors (Lipinski definition) is 2. The Balaban J connectivity index is 1.64. The predicted octanol–water partition coefficient (Wildman–Crippen LogP) is 5.69. The van der Waals surface area contributed by atoms with Crippen molar-refractivity contribution in [2.45, 2.75) is 25.2 Å². The Morgan fingerprint density at radius 3 is 2.51 bits per heavy atom. The molecule has 4 aromatic rings. The zero-order valence-corrected chi connectivity index (χ0v) is 23.5. The number of hydrogen-bond acceptors (Lipinski definition) is 8. The number of methoxy groups -OCH3 is 1. The first-order chi connectivity index (χ1) is 20.9. The van der Waals surface area contributed by atoms with Gasteiger partial charge in [-0.1, -0.05) is 25.1 Å². The molecule has 0 fully saturated rings. The van der Waals surface area contributed by atoms with Crippen molar-refractivity contribution < 1.29 is 43.5 Å². The molecule has 10 heteroatoms. The van der Waals surface area contributed by atoms with Crippen LogP contribution < -0.4 is 23.7 Å². The first kappa shape index (κ1) is 27.9. The first-order valence-corrected chi connectivity index (χ1v) is 13.8. The number of aromatic carboxylic acids is 1. The lowest BCUT2D eigenvalue weighted by Crippen LogP contribution is -2.39. The average molecular weight is 584 g/mol. The Hall–Kier alpha value is -5.25. The Morgan fingerprint density at radius 1 is 0.953 bits per heavy atom. The van der Waals surface area contributed by atoms with Gasteiger partial charge in [0.2, 0.25) is 6.79 Å². The van der Waals surface area contributed by atoms with E-state index in [4.69, 9.17) is 23.7 Å². The molecule has 0 bridgehead atoms. The van der Waals surface area contributed by atoms with Gasteiger partial charge in [0.15, 0.2) is 17.2 Å². The molecule has 1 aliphatic heterocycles. The zero-order chi connectivity index (χ0) is 30.1. The summed E-state index contributed by atoms with van der Waals surface area (Å²) in [5, 5.41) is 20.6. The molecule has 6 rings (SSSR count). The predicted molar refractivity (Wildman–Crippen MR) is 154 cm³/mol. The highest BCUT2D eigenvalue weighted by molar-refractivity contribution is 5.90. The van der Waals surface area contributed by atoms with Gasteiger partial charge in [0.05, 0.1) is 31.2 Å². The summed E-state index contributed by atoms with van der Waals surface area (Å²) in [5.74, 6) is -0.827. The molecule has 0 saturated heterocycles. The van der Waals surface area contributed by atoms with Gasteiger partial charge in [-0.2, -0.15) is 0 Å². The van der Waals surface area contributed by atoms with Crippen LogP contribution in [-0.2, 0) is 16.6 Å². The molecule has 0 spiro atoms. The van der Waals surface area contributed by atoms with Crippen LogP contribution in [0.5, 0.6) is 34.5 Å². The number of carboxylic acid groups (broad SMARTS) is 2. The fraction of sp³-hybridized carbons (Fsp3) is 0.242. The quantitative estimate of drug-likeness (QED) is 0.240. The standard InChI is InChI=1S/C33H29NO9/c1-3-12-40-22-6-7-24-19(13-22)14-26(32(37)38)33(24,20-4-9-27-29(15-20)42-18-41-27)25-8-5-21(39-2)16-28(25)43-30-17-34-11-10-23(30)31(35)36/h4-11,13,15-17,26H,3,12,14,18H2,1-2H3,(H,35,36)(H,37,38). The molecule has 2 N–H and O–H groups in total. The molecule has 2 unspecified atom stereocenters. The molecular formula is C33H29NO9. The highest BCUT2D eigenvalue weighted by Gasteiger charge is 2.54. The number of aliphatic carboxylic acids is 1. The fourth-order valence-electron chi connectivity index (χ4n) is 6.05. The Labute approximate surface area is 247 Å². The Morgan fingerprint density at radius 2 is 1.74 bits per heavy atom. The van der Waals surface area contributed by atoms with Crippen molar-refractivity contribution in [1.29, 1.82) is 0 Å². The lowest BCUT2D eigenvalue weighted by molar-refractivity contribution is -0.142. The smallest absolute Gasteiger partial charge is 0.339 e. The third-order valence-corrected chi connectivity index (χ3v) is 7.90. The van der Waals surface area contributed by atoms with Crippen LogP contribution >= 0.6 is 0 Å². The number of ether oxygens (including phenoxy) is 5. The maximum Gasteiger partial charge on any atom is 0.339 e. The lowest BCUT2D eigenvalue weighted by atomic mass is 9.64. The summed E-state index contributed by atoms with van der Waals surface area (Å²) >= 11 is 0. The molecule has 1 aromatic heterocycles. The topological polar surface area (TPSA) is 134 Å². The molecule has 0 radical (unpaired) electrons. The van der Waals surface area contributed by atoms with Crippen molar-refractivity contribution in [1.82, 2.24) is 4.98 Å². The Bertz CT molecular complexity index is 1720. The van der Waals surface area contributed by atoms with E-state index in [0.717, 1.165) is 17.5 Å². The average Bonchev–Trinajstić information content (AvgIpc) is 3.62. The second kappa shape index (κ2) is 11.2. The van der Waals surface area contributed by atoms with Crippen molar-refractivity contribution in [2.75, 3.05) is 20.5 Å². The van der Waals surface area contributed by atoms with Crippen molar-refractivity contribution in [3.63, 3.8) is 0 Å². The van der Waals surface area contributed by atoms with Gasteiger partial charge < -0.3 is 33.9 Å². The van der Waals surface area contributed by atoms with E-state index in [1.807, 2.05) is 31.2 Å². The molecule has 0 amide bonds. The van der Waals surface area contributed by atoms with Crippen molar-refractivity contribution in [3.8, 4) is 34.5 Å². The number of aromatic nitrogens is 1. The van der Waals surface area contributed by atoms with Gasteiger partial charge >= 0.3 is 11.9 Å². The number of fused-ring (bicyclic) bond motifs is 2. The normalized spacial score (nSPS) is 18.1. The van der Waals surface area contributed by atoms with Crippen molar-refractivity contribution in [2.24, 2.45) is 5.92 Å². The van der Waals surface area contributed by atoms with E-state index in [-0.39, 0.29) is 30.3 Å².